The molecule has 0 aliphatic carbocycles. The van der Waals surface area contributed by atoms with Gasteiger partial charge in [-0.15, -0.1) is 11.6 Å². The summed E-state index contributed by atoms with van der Waals surface area (Å²) in [6.07, 6.45) is 0.814. The minimum atomic E-state index is -0.331. The van der Waals surface area contributed by atoms with Crippen LogP contribution in [0.25, 0.3) is 0 Å². The smallest absolute Gasteiger partial charge is 0.251 e. The van der Waals surface area contributed by atoms with Gasteiger partial charge in [-0.05, 0) is 32.4 Å². The van der Waals surface area contributed by atoms with Crippen molar-refractivity contribution in [3.63, 3.8) is 0 Å². The normalized spacial score (nSPS) is 14.2. The zero-order valence-electron chi connectivity index (χ0n) is 10.0. The largest absolute Gasteiger partial charge is 0.346 e. The van der Waals surface area contributed by atoms with Gasteiger partial charge in [-0.1, -0.05) is 24.6 Å². The summed E-state index contributed by atoms with van der Waals surface area (Å²) in [7, 11) is 0. The van der Waals surface area contributed by atoms with E-state index in [2.05, 4.69) is 5.32 Å². The van der Waals surface area contributed by atoms with Crippen LogP contribution in [0.1, 0.15) is 36.2 Å². The van der Waals surface area contributed by atoms with E-state index in [4.69, 9.17) is 11.6 Å². The molecule has 1 unspecified atom stereocenters. The molecule has 0 aliphatic rings. The molecule has 0 bridgehead atoms. The Morgan fingerprint density at radius 2 is 2.19 bits per heavy atom. The predicted molar refractivity (Wildman–Crippen MR) is 68.1 cm³/mol. The van der Waals surface area contributed by atoms with E-state index in [1.165, 1.54) is 0 Å². The maximum absolute atomic E-state index is 12.0. The van der Waals surface area contributed by atoms with Crippen LogP contribution in [-0.2, 0) is 0 Å². The van der Waals surface area contributed by atoms with Crippen LogP contribution in [0.5, 0.6) is 0 Å². The maximum Gasteiger partial charge on any atom is 0.251 e. The van der Waals surface area contributed by atoms with Gasteiger partial charge in [0.2, 0.25) is 0 Å². The minimum Gasteiger partial charge on any atom is -0.346 e. The van der Waals surface area contributed by atoms with E-state index in [1.807, 2.05) is 45.0 Å². The Morgan fingerprint density at radius 3 is 2.69 bits per heavy atom. The molecular formula is C13H18ClNO. The fourth-order valence-corrected chi connectivity index (χ4v) is 1.60. The van der Waals surface area contributed by atoms with Gasteiger partial charge in [0.05, 0.1) is 5.54 Å². The Hall–Kier alpha value is -1.02. The highest BCUT2D eigenvalue weighted by Crippen LogP contribution is 2.13. The standard InChI is InChI=1S/C13H18ClNO/c1-4-13(3,9-14)15-12(16)11-7-5-6-10(2)8-11/h5-8H,4,9H2,1-3H3,(H,15,16). The van der Waals surface area contributed by atoms with Gasteiger partial charge in [0.25, 0.3) is 5.91 Å². The highest BCUT2D eigenvalue weighted by molar-refractivity contribution is 6.18. The molecule has 0 spiro atoms. The third-order valence-corrected chi connectivity index (χ3v) is 3.36. The summed E-state index contributed by atoms with van der Waals surface area (Å²) in [5.41, 5.74) is 1.43. The number of hydrogen-bond acceptors (Lipinski definition) is 1. The van der Waals surface area contributed by atoms with E-state index in [-0.39, 0.29) is 11.4 Å². The lowest BCUT2D eigenvalue weighted by Crippen LogP contribution is -2.47. The third-order valence-electron chi connectivity index (χ3n) is 2.77. The molecule has 0 aliphatic heterocycles. The van der Waals surface area contributed by atoms with Crippen molar-refractivity contribution in [2.24, 2.45) is 0 Å². The number of alkyl halides is 1. The number of rotatable bonds is 4. The lowest BCUT2D eigenvalue weighted by Gasteiger charge is -2.27. The van der Waals surface area contributed by atoms with Crippen molar-refractivity contribution in [2.45, 2.75) is 32.7 Å². The average molecular weight is 240 g/mol. The molecule has 0 fully saturated rings. The van der Waals surface area contributed by atoms with Gasteiger partial charge in [-0.3, -0.25) is 4.79 Å². The fraction of sp³-hybridized carbons (Fsp3) is 0.462. The van der Waals surface area contributed by atoms with Crippen molar-refractivity contribution in [3.05, 3.63) is 35.4 Å². The van der Waals surface area contributed by atoms with Crippen LogP contribution in [-0.4, -0.2) is 17.3 Å². The quantitative estimate of drug-likeness (QED) is 0.804. The van der Waals surface area contributed by atoms with Crippen LogP contribution in [0.15, 0.2) is 24.3 Å². The Kier molecular flexibility index (Phi) is 4.36. The number of carbonyl (C=O) groups excluding carboxylic acids is 1. The van der Waals surface area contributed by atoms with Crippen LogP contribution in [0.3, 0.4) is 0 Å². The molecule has 0 aromatic heterocycles. The first-order chi connectivity index (χ1) is 7.50. The molecule has 16 heavy (non-hydrogen) atoms. The molecule has 1 aromatic carbocycles. The molecule has 0 radical (unpaired) electrons. The van der Waals surface area contributed by atoms with Crippen LogP contribution in [0.4, 0.5) is 0 Å². The monoisotopic (exact) mass is 239 g/mol. The summed E-state index contributed by atoms with van der Waals surface area (Å²) in [5, 5.41) is 2.97. The summed E-state index contributed by atoms with van der Waals surface area (Å²) in [4.78, 5) is 12.0. The Labute approximate surface area is 102 Å². The molecule has 1 aromatic rings. The molecule has 1 atom stereocenters. The number of halogens is 1. The second-order valence-electron chi connectivity index (χ2n) is 4.37. The molecule has 0 heterocycles. The van der Waals surface area contributed by atoms with Gasteiger partial charge in [0.15, 0.2) is 0 Å². The SMILES string of the molecule is CCC(C)(CCl)NC(=O)c1cccc(C)c1. The molecule has 1 N–H and O–H groups in total. The van der Waals surface area contributed by atoms with Crippen molar-refractivity contribution in [2.75, 3.05) is 5.88 Å². The topological polar surface area (TPSA) is 29.1 Å². The van der Waals surface area contributed by atoms with Crippen LogP contribution in [0, 0.1) is 6.92 Å². The summed E-state index contributed by atoms with van der Waals surface area (Å²) in [6.45, 7) is 5.93. The zero-order chi connectivity index (χ0) is 12.2. The van der Waals surface area contributed by atoms with Gasteiger partial charge in [-0.25, -0.2) is 0 Å². The predicted octanol–water partition coefficient (Wildman–Crippen LogP) is 3.13. The summed E-state index contributed by atoms with van der Waals surface area (Å²) < 4.78 is 0. The van der Waals surface area contributed by atoms with E-state index in [0.29, 0.717) is 11.4 Å². The molecule has 1 rings (SSSR count). The van der Waals surface area contributed by atoms with Crippen molar-refractivity contribution >= 4 is 17.5 Å². The van der Waals surface area contributed by atoms with E-state index in [0.717, 1.165) is 12.0 Å². The number of hydrogen-bond donors (Lipinski definition) is 1. The molecule has 0 saturated heterocycles. The first-order valence-corrected chi connectivity index (χ1v) is 5.99. The lowest BCUT2D eigenvalue weighted by atomic mass is 10.0. The lowest BCUT2D eigenvalue weighted by molar-refractivity contribution is 0.0912. The summed E-state index contributed by atoms with van der Waals surface area (Å²) in [6, 6.07) is 7.54. The van der Waals surface area contributed by atoms with Gasteiger partial charge < -0.3 is 5.32 Å². The number of carbonyl (C=O) groups is 1. The van der Waals surface area contributed by atoms with Crippen molar-refractivity contribution < 1.29 is 4.79 Å². The molecule has 3 heteroatoms. The van der Waals surface area contributed by atoms with E-state index < -0.39 is 0 Å². The molecular weight excluding hydrogens is 222 g/mol. The number of benzene rings is 1. The number of nitrogens with one attached hydrogen (secondary N) is 1. The highest BCUT2D eigenvalue weighted by atomic mass is 35.5. The Morgan fingerprint density at radius 1 is 1.50 bits per heavy atom. The van der Waals surface area contributed by atoms with Crippen LogP contribution < -0.4 is 5.32 Å². The Balaban J connectivity index is 2.80. The van der Waals surface area contributed by atoms with E-state index >= 15 is 0 Å². The first kappa shape index (κ1) is 13.0. The van der Waals surface area contributed by atoms with E-state index in [9.17, 15) is 4.79 Å². The minimum absolute atomic E-state index is 0.0614. The van der Waals surface area contributed by atoms with Gasteiger partial charge in [-0.2, -0.15) is 0 Å². The third kappa shape index (κ3) is 3.24. The van der Waals surface area contributed by atoms with Crippen molar-refractivity contribution in [3.8, 4) is 0 Å². The van der Waals surface area contributed by atoms with Gasteiger partial charge >= 0.3 is 0 Å². The second kappa shape index (κ2) is 5.35. The van der Waals surface area contributed by atoms with Gasteiger partial charge in [0, 0.05) is 11.4 Å². The Bertz CT molecular complexity index is 372. The molecule has 1 amide bonds. The number of aryl methyl sites for hydroxylation is 1. The molecule has 88 valence electrons. The number of amides is 1. The first-order valence-electron chi connectivity index (χ1n) is 5.46. The van der Waals surface area contributed by atoms with Crippen molar-refractivity contribution in [1.82, 2.24) is 5.32 Å². The fourth-order valence-electron chi connectivity index (χ4n) is 1.35. The molecule has 0 saturated carbocycles. The summed E-state index contributed by atoms with van der Waals surface area (Å²) >= 11 is 5.86. The maximum atomic E-state index is 12.0. The highest BCUT2D eigenvalue weighted by Gasteiger charge is 2.23. The van der Waals surface area contributed by atoms with Crippen molar-refractivity contribution in [1.29, 1.82) is 0 Å². The second-order valence-corrected chi connectivity index (χ2v) is 4.64. The van der Waals surface area contributed by atoms with E-state index in [1.54, 1.807) is 0 Å². The average Bonchev–Trinajstić information content (AvgIpc) is 2.29. The molecule has 2 nitrogen and oxygen atoms in total. The summed E-state index contributed by atoms with van der Waals surface area (Å²) in [5.74, 6) is 0.356. The zero-order valence-corrected chi connectivity index (χ0v) is 10.8. The van der Waals surface area contributed by atoms with Crippen LogP contribution >= 0.6 is 11.6 Å². The van der Waals surface area contributed by atoms with Gasteiger partial charge in [0.1, 0.15) is 0 Å². The van der Waals surface area contributed by atoms with Crippen LogP contribution in [0.2, 0.25) is 0 Å².